The summed E-state index contributed by atoms with van der Waals surface area (Å²) in [7, 11) is 1.68. The van der Waals surface area contributed by atoms with Gasteiger partial charge in [0.1, 0.15) is 0 Å². The summed E-state index contributed by atoms with van der Waals surface area (Å²) in [5.74, 6) is 0.172. The minimum absolute atomic E-state index is 0.172. The zero-order valence-electron chi connectivity index (χ0n) is 15.3. The van der Waals surface area contributed by atoms with Gasteiger partial charge in [0.2, 0.25) is 0 Å². The number of hydrogen-bond donors (Lipinski definition) is 0. The molecule has 0 bridgehead atoms. The summed E-state index contributed by atoms with van der Waals surface area (Å²) < 4.78 is 5.15. The van der Waals surface area contributed by atoms with Gasteiger partial charge in [-0.3, -0.25) is 9.69 Å². The molecule has 0 radical (unpaired) electrons. The normalized spacial score (nSPS) is 20.8. The van der Waals surface area contributed by atoms with Crippen molar-refractivity contribution < 1.29 is 9.53 Å². The maximum absolute atomic E-state index is 12.7. The average Bonchev–Trinajstić information content (AvgIpc) is 3.16. The van der Waals surface area contributed by atoms with Crippen molar-refractivity contribution in [1.82, 2.24) is 9.80 Å². The van der Waals surface area contributed by atoms with E-state index in [1.165, 1.54) is 24.0 Å². The molecule has 1 amide bonds. The summed E-state index contributed by atoms with van der Waals surface area (Å²) in [5, 5.41) is 0. The smallest absolute Gasteiger partial charge is 0.264 e. The van der Waals surface area contributed by atoms with Gasteiger partial charge in [0.05, 0.1) is 11.5 Å². The number of hydrogen-bond acceptors (Lipinski definition) is 4. The first kappa shape index (κ1) is 17.7. The molecule has 2 aromatic rings. The maximum Gasteiger partial charge on any atom is 0.264 e. The van der Waals surface area contributed by atoms with Gasteiger partial charge in [0.25, 0.3) is 5.91 Å². The average molecular weight is 371 g/mol. The van der Waals surface area contributed by atoms with Crippen LogP contribution in [-0.2, 0) is 24.2 Å². The van der Waals surface area contributed by atoms with Crippen LogP contribution in [0.3, 0.4) is 0 Å². The molecule has 1 saturated heterocycles. The number of amides is 1. The fourth-order valence-corrected chi connectivity index (χ4v) is 5.10. The molecule has 1 aromatic heterocycles. The van der Waals surface area contributed by atoms with Gasteiger partial charge in [-0.05, 0) is 42.5 Å². The summed E-state index contributed by atoms with van der Waals surface area (Å²) in [6, 6.07) is 13.4. The van der Waals surface area contributed by atoms with Gasteiger partial charge in [-0.25, -0.2) is 0 Å². The summed E-state index contributed by atoms with van der Waals surface area (Å²) >= 11 is 1.55. The zero-order valence-corrected chi connectivity index (χ0v) is 16.1. The van der Waals surface area contributed by atoms with Crippen molar-refractivity contribution in [2.45, 2.75) is 31.9 Å². The lowest BCUT2D eigenvalue weighted by molar-refractivity contribution is 0.0557. The van der Waals surface area contributed by atoms with Crippen LogP contribution in [0.2, 0.25) is 0 Å². The van der Waals surface area contributed by atoms with Gasteiger partial charge in [0, 0.05) is 44.2 Å². The summed E-state index contributed by atoms with van der Waals surface area (Å²) in [5.41, 5.74) is 3.02. The van der Waals surface area contributed by atoms with Crippen LogP contribution in [0.1, 0.15) is 32.1 Å². The van der Waals surface area contributed by atoms with Gasteiger partial charge in [0.15, 0.2) is 0 Å². The molecule has 1 unspecified atom stereocenters. The van der Waals surface area contributed by atoms with E-state index in [0.29, 0.717) is 12.6 Å². The van der Waals surface area contributed by atoms with Crippen molar-refractivity contribution in [3.05, 3.63) is 57.3 Å². The Bertz CT molecular complexity index is 765. The molecule has 5 heteroatoms. The molecular weight excluding hydrogens is 344 g/mol. The molecule has 4 nitrogen and oxygen atoms in total. The van der Waals surface area contributed by atoms with E-state index in [0.717, 1.165) is 42.4 Å². The minimum Gasteiger partial charge on any atom is -0.379 e. The topological polar surface area (TPSA) is 32.8 Å². The Balaban J connectivity index is 1.33. The summed E-state index contributed by atoms with van der Waals surface area (Å²) in [6.45, 7) is 4.20. The van der Waals surface area contributed by atoms with Crippen LogP contribution in [0.15, 0.2) is 36.4 Å². The third kappa shape index (κ3) is 3.70. The van der Waals surface area contributed by atoms with Gasteiger partial charge in [-0.2, -0.15) is 0 Å². The van der Waals surface area contributed by atoms with E-state index in [2.05, 4.69) is 29.2 Å². The first-order chi connectivity index (χ1) is 12.7. The van der Waals surface area contributed by atoms with Crippen molar-refractivity contribution >= 4 is 17.2 Å². The number of piperazine rings is 1. The standard InChI is InChI=1S/C21H26N2O2S/c1-25-15-19-8-9-20(26-19)21(24)23-12-10-22(11-13-23)18-7-6-16-4-2-3-5-17(16)14-18/h2-5,8-9,18H,6-7,10-15H2,1H3. The highest BCUT2D eigenvalue weighted by molar-refractivity contribution is 7.14. The number of fused-ring (bicyclic) bond motifs is 1. The second-order valence-corrected chi connectivity index (χ2v) is 8.36. The van der Waals surface area contributed by atoms with Crippen LogP contribution in [-0.4, -0.2) is 55.0 Å². The Morgan fingerprint density at radius 1 is 1.12 bits per heavy atom. The molecular formula is C21H26N2O2S. The Morgan fingerprint density at radius 2 is 1.88 bits per heavy atom. The van der Waals surface area contributed by atoms with E-state index >= 15 is 0 Å². The molecule has 1 fully saturated rings. The zero-order chi connectivity index (χ0) is 17.9. The number of carbonyl (C=O) groups is 1. The molecule has 0 saturated carbocycles. The highest BCUT2D eigenvalue weighted by atomic mass is 32.1. The van der Waals surface area contributed by atoms with Gasteiger partial charge in [-0.1, -0.05) is 24.3 Å². The molecule has 1 aliphatic carbocycles. The summed E-state index contributed by atoms with van der Waals surface area (Å²) in [6.07, 6.45) is 3.56. The number of methoxy groups -OCH3 is 1. The Labute approximate surface area is 159 Å². The number of benzene rings is 1. The molecule has 0 N–H and O–H groups in total. The molecule has 26 heavy (non-hydrogen) atoms. The van der Waals surface area contributed by atoms with E-state index in [1.54, 1.807) is 18.4 Å². The molecule has 2 aliphatic rings. The molecule has 0 spiro atoms. The predicted molar refractivity (Wildman–Crippen MR) is 105 cm³/mol. The van der Waals surface area contributed by atoms with Crippen LogP contribution in [0.25, 0.3) is 0 Å². The number of carbonyl (C=O) groups excluding carboxylic acids is 1. The van der Waals surface area contributed by atoms with Gasteiger partial charge < -0.3 is 9.64 Å². The van der Waals surface area contributed by atoms with Crippen LogP contribution < -0.4 is 0 Å². The number of nitrogens with zero attached hydrogens (tertiary/aromatic N) is 2. The van der Waals surface area contributed by atoms with Crippen LogP contribution in [0.5, 0.6) is 0 Å². The first-order valence-corrected chi connectivity index (χ1v) is 10.2. The van der Waals surface area contributed by atoms with E-state index < -0.39 is 0 Å². The van der Waals surface area contributed by atoms with Crippen LogP contribution in [0, 0.1) is 0 Å². The second kappa shape index (κ2) is 7.91. The monoisotopic (exact) mass is 370 g/mol. The number of aryl methyl sites for hydroxylation is 1. The van der Waals surface area contributed by atoms with E-state index in [1.807, 2.05) is 17.0 Å². The van der Waals surface area contributed by atoms with Crippen molar-refractivity contribution in [2.75, 3.05) is 33.3 Å². The number of thiophene rings is 1. The Kier molecular flexibility index (Phi) is 5.38. The van der Waals surface area contributed by atoms with E-state index in [4.69, 9.17) is 4.74 Å². The third-order valence-electron chi connectivity index (χ3n) is 5.60. The summed E-state index contributed by atoms with van der Waals surface area (Å²) in [4.78, 5) is 19.3. The lowest BCUT2D eigenvalue weighted by atomic mass is 9.87. The maximum atomic E-state index is 12.7. The lowest BCUT2D eigenvalue weighted by Gasteiger charge is -2.41. The second-order valence-electron chi connectivity index (χ2n) is 7.19. The molecule has 138 valence electrons. The molecule has 1 atom stereocenters. The quantitative estimate of drug-likeness (QED) is 0.828. The molecule has 1 aliphatic heterocycles. The number of ether oxygens (including phenoxy) is 1. The lowest BCUT2D eigenvalue weighted by Crippen LogP contribution is -2.53. The Morgan fingerprint density at radius 3 is 2.65 bits per heavy atom. The van der Waals surface area contributed by atoms with Gasteiger partial charge >= 0.3 is 0 Å². The van der Waals surface area contributed by atoms with Crippen LogP contribution >= 0.6 is 11.3 Å². The third-order valence-corrected chi connectivity index (χ3v) is 6.64. The highest BCUT2D eigenvalue weighted by Crippen LogP contribution is 2.26. The predicted octanol–water partition coefficient (Wildman–Crippen LogP) is 3.21. The SMILES string of the molecule is COCc1ccc(C(=O)N2CCN(C3CCc4ccccc4C3)CC2)s1. The van der Waals surface area contributed by atoms with Crippen LogP contribution in [0.4, 0.5) is 0 Å². The molecule has 2 heterocycles. The fourth-order valence-electron chi connectivity index (χ4n) is 4.15. The fraction of sp³-hybridized carbons (Fsp3) is 0.476. The van der Waals surface area contributed by atoms with E-state index in [-0.39, 0.29) is 5.91 Å². The van der Waals surface area contributed by atoms with E-state index in [9.17, 15) is 4.79 Å². The number of rotatable bonds is 4. The highest BCUT2D eigenvalue weighted by Gasteiger charge is 2.29. The molecule has 4 rings (SSSR count). The van der Waals surface area contributed by atoms with Crippen molar-refractivity contribution in [3.63, 3.8) is 0 Å². The van der Waals surface area contributed by atoms with Crippen molar-refractivity contribution in [1.29, 1.82) is 0 Å². The van der Waals surface area contributed by atoms with Crippen molar-refractivity contribution in [3.8, 4) is 0 Å². The Hall–Kier alpha value is -1.69. The van der Waals surface area contributed by atoms with Crippen molar-refractivity contribution in [2.24, 2.45) is 0 Å². The first-order valence-electron chi connectivity index (χ1n) is 9.42. The largest absolute Gasteiger partial charge is 0.379 e. The van der Waals surface area contributed by atoms with Gasteiger partial charge in [-0.15, -0.1) is 11.3 Å². The minimum atomic E-state index is 0.172. The molecule has 1 aromatic carbocycles.